The molecular weight excluding hydrogens is 251 g/mol. The minimum atomic E-state index is -2.79. The van der Waals surface area contributed by atoms with Gasteiger partial charge in [-0.3, -0.25) is 0 Å². The van der Waals surface area contributed by atoms with Crippen molar-refractivity contribution in [1.29, 1.82) is 10.5 Å². The van der Waals surface area contributed by atoms with Crippen LogP contribution in [-0.4, -0.2) is 4.89 Å². The zero-order valence-corrected chi connectivity index (χ0v) is 11.0. The molecule has 0 fully saturated rings. The van der Waals surface area contributed by atoms with E-state index >= 15 is 0 Å². The molecule has 1 aromatic rings. The minimum absolute atomic E-state index is 0.202. The first-order chi connectivity index (χ1) is 8.58. The predicted molar refractivity (Wildman–Crippen MR) is 65.1 cm³/mol. The highest BCUT2D eigenvalue weighted by Gasteiger charge is 2.23. The van der Waals surface area contributed by atoms with Gasteiger partial charge < -0.3 is 0 Å². The van der Waals surface area contributed by atoms with E-state index < -0.39 is 8.25 Å². The average Bonchev–Trinajstić information content (AvgIpc) is 2.36. The Kier molecular flexibility index (Phi) is 4.80. The molecule has 6 heteroatoms. The van der Waals surface area contributed by atoms with Gasteiger partial charge in [0.1, 0.15) is 12.1 Å². The van der Waals surface area contributed by atoms with Gasteiger partial charge >= 0.3 is 8.25 Å². The maximum Gasteiger partial charge on any atom is 0.747 e. The van der Waals surface area contributed by atoms with Crippen molar-refractivity contribution in [3.63, 3.8) is 0 Å². The van der Waals surface area contributed by atoms with E-state index in [0.29, 0.717) is 29.5 Å². The lowest BCUT2D eigenvalue weighted by molar-refractivity contribution is 0.408. The summed E-state index contributed by atoms with van der Waals surface area (Å²) in [5.41, 5.74) is 1.67. The van der Waals surface area contributed by atoms with E-state index in [1.54, 1.807) is 13.0 Å². The van der Waals surface area contributed by atoms with Gasteiger partial charge in [-0.2, -0.15) is 10.5 Å². The van der Waals surface area contributed by atoms with Crippen LogP contribution in [0.1, 0.15) is 36.1 Å². The Morgan fingerprint density at radius 1 is 1.28 bits per heavy atom. The van der Waals surface area contributed by atoms with E-state index in [9.17, 15) is 4.57 Å². The van der Waals surface area contributed by atoms with E-state index in [1.165, 1.54) is 0 Å². The first-order valence-corrected chi connectivity index (χ1v) is 6.55. The molecule has 18 heavy (non-hydrogen) atoms. The number of hydrogen-bond acceptors (Lipinski definition) is 4. The molecule has 92 valence electrons. The Labute approximate surface area is 106 Å². The lowest BCUT2D eigenvalue weighted by atomic mass is 9.94. The van der Waals surface area contributed by atoms with Crippen molar-refractivity contribution in [2.75, 3.05) is 0 Å². The largest absolute Gasteiger partial charge is 0.747 e. The number of nitrogens with zero attached hydrogens (tertiary/aromatic N) is 2. The van der Waals surface area contributed by atoms with Crippen LogP contribution in [0.25, 0.3) is 0 Å². The molecule has 1 unspecified atom stereocenters. The second-order valence-electron chi connectivity index (χ2n) is 3.52. The van der Waals surface area contributed by atoms with E-state index in [-0.39, 0.29) is 11.3 Å². The Balaban J connectivity index is 3.60. The molecule has 0 aromatic heterocycles. The van der Waals surface area contributed by atoms with Gasteiger partial charge in [0.25, 0.3) is 0 Å². The molecule has 1 rings (SSSR count). The highest BCUT2D eigenvalue weighted by atomic mass is 31.1. The number of rotatable bonds is 4. The minimum Gasteiger partial charge on any atom is -0.229 e. The molecule has 0 saturated heterocycles. The summed E-state index contributed by atoms with van der Waals surface area (Å²) in [5.74, 6) is 0.202. The van der Waals surface area contributed by atoms with E-state index in [2.05, 4.69) is 0 Å². The highest BCUT2D eigenvalue weighted by Crippen LogP contribution is 2.33. The lowest BCUT2D eigenvalue weighted by Crippen LogP contribution is -2.01. The van der Waals surface area contributed by atoms with Gasteiger partial charge in [0.15, 0.2) is 5.75 Å². The molecule has 1 atom stereocenters. The van der Waals surface area contributed by atoms with Crippen LogP contribution in [-0.2, 0) is 17.4 Å². The molecule has 0 aliphatic carbocycles. The molecule has 0 radical (unpaired) electrons. The molecule has 0 spiro atoms. The van der Waals surface area contributed by atoms with Crippen LogP contribution in [0.4, 0.5) is 0 Å². The van der Waals surface area contributed by atoms with Crippen molar-refractivity contribution in [2.24, 2.45) is 0 Å². The summed E-state index contributed by atoms with van der Waals surface area (Å²) in [6.07, 6.45) is 0.986. The Bertz CT molecular complexity index is 570. The summed E-state index contributed by atoms with van der Waals surface area (Å²) < 4.78 is 15.6. The molecule has 0 aliphatic heterocycles. The van der Waals surface area contributed by atoms with E-state index in [4.69, 9.17) is 19.9 Å². The lowest BCUT2D eigenvalue weighted by Gasteiger charge is -2.09. The summed E-state index contributed by atoms with van der Waals surface area (Å²) in [7, 11) is -2.79. The SMILES string of the molecule is CCc1cc(O[P+](=O)O)c(CC)c(C#N)c1C#N. The molecule has 1 aromatic carbocycles. The molecule has 0 heterocycles. The molecule has 0 saturated carbocycles. The van der Waals surface area contributed by atoms with Gasteiger partial charge in [0.2, 0.25) is 0 Å². The van der Waals surface area contributed by atoms with Gasteiger partial charge in [-0.1, -0.05) is 13.8 Å². The smallest absolute Gasteiger partial charge is 0.229 e. The fraction of sp³-hybridized carbons (Fsp3) is 0.333. The second kappa shape index (κ2) is 6.12. The van der Waals surface area contributed by atoms with Crippen molar-refractivity contribution >= 4 is 8.25 Å². The average molecular weight is 263 g/mol. The first kappa shape index (κ1) is 14.1. The second-order valence-corrected chi connectivity index (χ2v) is 4.18. The third-order valence-electron chi connectivity index (χ3n) is 2.61. The number of hydrogen-bond donors (Lipinski definition) is 1. The predicted octanol–water partition coefficient (Wildman–Crippen LogP) is 2.58. The van der Waals surface area contributed by atoms with Crippen LogP contribution in [0.15, 0.2) is 6.07 Å². The summed E-state index contributed by atoms with van der Waals surface area (Å²) in [6.45, 7) is 3.63. The maximum atomic E-state index is 10.8. The van der Waals surface area contributed by atoms with Crippen molar-refractivity contribution in [1.82, 2.24) is 0 Å². The maximum absolute atomic E-state index is 10.8. The van der Waals surface area contributed by atoms with Crippen LogP contribution in [0.5, 0.6) is 5.75 Å². The molecule has 0 amide bonds. The molecule has 0 bridgehead atoms. The summed E-state index contributed by atoms with van der Waals surface area (Å²) in [4.78, 5) is 8.82. The van der Waals surface area contributed by atoms with E-state index in [1.807, 2.05) is 19.1 Å². The van der Waals surface area contributed by atoms with Gasteiger partial charge in [0.05, 0.1) is 11.1 Å². The van der Waals surface area contributed by atoms with Crippen molar-refractivity contribution in [3.05, 3.63) is 28.3 Å². The fourth-order valence-electron chi connectivity index (χ4n) is 1.80. The Hall–Kier alpha value is -1.94. The Morgan fingerprint density at radius 2 is 1.89 bits per heavy atom. The van der Waals surface area contributed by atoms with Crippen molar-refractivity contribution in [3.8, 4) is 17.9 Å². The third-order valence-corrected chi connectivity index (χ3v) is 2.96. The number of aryl methyl sites for hydroxylation is 1. The van der Waals surface area contributed by atoms with Crippen LogP contribution >= 0.6 is 8.25 Å². The fourth-order valence-corrected chi connectivity index (χ4v) is 2.13. The molecule has 5 nitrogen and oxygen atoms in total. The van der Waals surface area contributed by atoms with Gasteiger partial charge in [-0.05, 0) is 24.5 Å². The van der Waals surface area contributed by atoms with Crippen LogP contribution < -0.4 is 4.52 Å². The monoisotopic (exact) mass is 263 g/mol. The van der Waals surface area contributed by atoms with Gasteiger partial charge in [0, 0.05) is 10.1 Å². The Morgan fingerprint density at radius 3 is 2.28 bits per heavy atom. The zero-order valence-electron chi connectivity index (χ0n) is 10.1. The van der Waals surface area contributed by atoms with Crippen LogP contribution in [0, 0.1) is 22.7 Å². The molecule has 1 N–H and O–H groups in total. The van der Waals surface area contributed by atoms with Gasteiger partial charge in [-0.15, -0.1) is 4.89 Å². The topological polar surface area (TPSA) is 94.1 Å². The standard InChI is InChI=1S/C12H11N2O3P/c1-3-8-5-12(17-18(15)16)9(4-2)11(7-14)10(8)6-13/h5H,3-4H2,1-2H3/p+1. The molecular formula is C12H12N2O3P+. The quantitative estimate of drug-likeness (QED) is 0.842. The van der Waals surface area contributed by atoms with Gasteiger partial charge in [-0.25, -0.2) is 4.52 Å². The highest BCUT2D eigenvalue weighted by molar-refractivity contribution is 7.32. The third kappa shape index (κ3) is 2.65. The van der Waals surface area contributed by atoms with E-state index in [0.717, 1.165) is 0 Å². The zero-order chi connectivity index (χ0) is 13.7. The summed E-state index contributed by atoms with van der Waals surface area (Å²) in [5, 5.41) is 18.3. The van der Waals surface area contributed by atoms with Crippen LogP contribution in [0.2, 0.25) is 0 Å². The normalized spacial score (nSPS) is 10.4. The first-order valence-electron chi connectivity index (χ1n) is 5.42. The van der Waals surface area contributed by atoms with Crippen molar-refractivity contribution < 1.29 is 14.0 Å². The molecule has 0 aliphatic rings. The summed E-state index contributed by atoms with van der Waals surface area (Å²) >= 11 is 0. The van der Waals surface area contributed by atoms with Crippen molar-refractivity contribution in [2.45, 2.75) is 26.7 Å². The number of benzene rings is 1. The number of nitriles is 2. The summed E-state index contributed by atoms with van der Waals surface area (Å²) in [6, 6.07) is 5.54. The van der Waals surface area contributed by atoms with Crippen LogP contribution in [0.3, 0.4) is 0 Å².